The highest BCUT2D eigenvalue weighted by Gasteiger charge is 2.69. The molecule has 0 spiro atoms. The number of imide groups is 1. The molecule has 1 aliphatic rings. The Hall–Kier alpha value is -3.43. The van der Waals surface area contributed by atoms with Crippen LogP contribution in [0.2, 0.25) is 0 Å². The van der Waals surface area contributed by atoms with Gasteiger partial charge in [-0.3, -0.25) is 14.9 Å². The van der Waals surface area contributed by atoms with Crippen LogP contribution in [0.1, 0.15) is 21.5 Å². The van der Waals surface area contributed by atoms with Gasteiger partial charge in [-0.2, -0.15) is 13.2 Å². The minimum Gasteiger partial charge on any atom is -0.314 e. The van der Waals surface area contributed by atoms with Crippen molar-refractivity contribution in [2.45, 2.75) is 25.7 Å². The largest absolute Gasteiger partial charge is 0.440 e. The third-order valence-electron chi connectivity index (χ3n) is 4.60. The third kappa shape index (κ3) is 3.41. The summed E-state index contributed by atoms with van der Waals surface area (Å²) in [6.45, 7) is 3.43. The van der Waals surface area contributed by atoms with Gasteiger partial charge in [-0.05, 0) is 61.4 Å². The second kappa shape index (κ2) is 6.87. The Bertz CT molecular complexity index is 1000. The van der Waals surface area contributed by atoms with E-state index in [1.54, 1.807) is 30.5 Å². The average molecular weight is 409 g/mol. The summed E-state index contributed by atoms with van der Waals surface area (Å²) in [5, 5.41) is 3.12. The lowest BCUT2D eigenvalue weighted by Gasteiger charge is -2.29. The zero-order valence-corrected chi connectivity index (χ0v) is 15.2. The summed E-state index contributed by atoms with van der Waals surface area (Å²) in [6, 6.07) is 6.60. The minimum atomic E-state index is -5.34. The van der Waals surface area contributed by atoms with E-state index in [-0.39, 0.29) is 11.3 Å². The number of hydrogen-bond donors (Lipinski definition) is 2. The van der Waals surface area contributed by atoms with Crippen molar-refractivity contribution in [2.24, 2.45) is 0 Å². The number of urea groups is 1. The summed E-state index contributed by atoms with van der Waals surface area (Å²) in [5.41, 5.74) is -2.58. The minimum absolute atomic E-state index is 0.0715. The molecule has 2 aromatic carbocycles. The van der Waals surface area contributed by atoms with Gasteiger partial charge in [0.1, 0.15) is 5.82 Å². The van der Waals surface area contributed by atoms with Crippen molar-refractivity contribution >= 4 is 23.5 Å². The molecule has 2 aromatic rings. The fourth-order valence-corrected chi connectivity index (χ4v) is 2.82. The first-order chi connectivity index (χ1) is 13.5. The monoisotopic (exact) mass is 409 g/mol. The van der Waals surface area contributed by atoms with Crippen molar-refractivity contribution in [1.29, 1.82) is 0 Å². The Balaban J connectivity index is 2.01. The molecule has 2 N–H and O–H groups in total. The first-order valence-electron chi connectivity index (χ1n) is 8.35. The Morgan fingerprint density at radius 2 is 1.66 bits per heavy atom. The van der Waals surface area contributed by atoms with Crippen LogP contribution in [-0.4, -0.2) is 29.7 Å². The van der Waals surface area contributed by atoms with Gasteiger partial charge in [0.2, 0.25) is 0 Å². The zero-order chi connectivity index (χ0) is 21.6. The quantitative estimate of drug-likeness (QED) is 0.604. The summed E-state index contributed by atoms with van der Waals surface area (Å²) in [6.07, 6.45) is -5.34. The fourth-order valence-electron chi connectivity index (χ4n) is 2.82. The van der Waals surface area contributed by atoms with E-state index in [4.69, 9.17) is 0 Å². The van der Waals surface area contributed by atoms with E-state index in [2.05, 4.69) is 0 Å². The second-order valence-electron chi connectivity index (χ2n) is 6.55. The van der Waals surface area contributed by atoms with Crippen LogP contribution in [0.15, 0.2) is 42.5 Å². The van der Waals surface area contributed by atoms with Crippen molar-refractivity contribution in [3.63, 3.8) is 0 Å². The van der Waals surface area contributed by atoms with Gasteiger partial charge in [0, 0.05) is 5.56 Å². The first kappa shape index (κ1) is 20.3. The number of halogens is 4. The molecule has 1 atom stereocenters. The maximum Gasteiger partial charge on any atom is 0.440 e. The molecule has 0 saturated carbocycles. The van der Waals surface area contributed by atoms with Crippen LogP contribution in [0.3, 0.4) is 0 Å². The number of aryl methyl sites for hydroxylation is 2. The molecule has 0 radical (unpaired) electrons. The third-order valence-corrected chi connectivity index (χ3v) is 4.60. The molecule has 1 saturated heterocycles. The van der Waals surface area contributed by atoms with Gasteiger partial charge >= 0.3 is 12.2 Å². The molecule has 29 heavy (non-hydrogen) atoms. The highest BCUT2D eigenvalue weighted by molar-refractivity contribution is 6.24. The van der Waals surface area contributed by atoms with E-state index in [0.717, 1.165) is 29.8 Å². The number of carbonyl (C=O) groups excluding carboxylic acids is 3. The van der Waals surface area contributed by atoms with Gasteiger partial charge in [-0.1, -0.05) is 6.07 Å². The molecule has 0 aliphatic carbocycles. The van der Waals surface area contributed by atoms with Crippen LogP contribution >= 0.6 is 0 Å². The number of nitrogens with zero attached hydrogens (tertiary/aromatic N) is 1. The van der Waals surface area contributed by atoms with Gasteiger partial charge in [0.15, 0.2) is 0 Å². The number of carbonyl (C=O) groups is 3. The molecule has 1 unspecified atom stereocenters. The van der Waals surface area contributed by atoms with Crippen molar-refractivity contribution < 1.29 is 31.9 Å². The molecule has 1 aliphatic heterocycles. The number of anilines is 1. The normalized spacial score (nSPS) is 19.3. The molecule has 4 amide bonds. The van der Waals surface area contributed by atoms with E-state index in [0.29, 0.717) is 10.5 Å². The van der Waals surface area contributed by atoms with Crippen molar-refractivity contribution in [1.82, 2.24) is 10.6 Å². The van der Waals surface area contributed by atoms with E-state index in [1.807, 2.05) is 0 Å². The Labute approximate surface area is 162 Å². The fraction of sp³-hybridized carbons (Fsp3) is 0.211. The number of hydrogen-bond acceptors (Lipinski definition) is 3. The highest BCUT2D eigenvalue weighted by atomic mass is 19.4. The lowest BCUT2D eigenvalue weighted by molar-refractivity contribution is -0.197. The summed E-state index contributed by atoms with van der Waals surface area (Å²) >= 11 is 0. The standard InChI is InChI=1S/C19H15F4N3O3/c1-10-3-8-14(9-11(10)2)26-16(28)18(19(21,22)23,25-17(26)29)24-15(27)12-4-6-13(20)7-5-12/h3-9H,1-2H3,(H,24,27)(H,25,29). The summed E-state index contributed by atoms with van der Waals surface area (Å²) in [7, 11) is 0. The molecular weight excluding hydrogens is 394 g/mol. The number of benzene rings is 2. The summed E-state index contributed by atoms with van der Waals surface area (Å²) in [4.78, 5) is 37.7. The average Bonchev–Trinajstić information content (AvgIpc) is 2.89. The molecule has 0 aromatic heterocycles. The van der Waals surface area contributed by atoms with Gasteiger partial charge in [-0.15, -0.1) is 0 Å². The van der Waals surface area contributed by atoms with Crippen molar-refractivity contribution in [2.75, 3.05) is 4.90 Å². The Morgan fingerprint density at radius 1 is 1.03 bits per heavy atom. The molecule has 0 bridgehead atoms. The number of rotatable bonds is 3. The highest BCUT2D eigenvalue weighted by Crippen LogP contribution is 2.36. The van der Waals surface area contributed by atoms with E-state index < -0.39 is 35.5 Å². The zero-order valence-electron chi connectivity index (χ0n) is 15.2. The van der Waals surface area contributed by atoms with Gasteiger partial charge in [-0.25, -0.2) is 14.1 Å². The van der Waals surface area contributed by atoms with Crippen molar-refractivity contribution in [3.8, 4) is 0 Å². The maximum atomic E-state index is 13.9. The molecule has 3 rings (SSSR count). The Morgan fingerprint density at radius 3 is 2.21 bits per heavy atom. The SMILES string of the molecule is Cc1ccc(N2C(=O)NC(NC(=O)c3ccc(F)cc3)(C(F)(F)F)C2=O)cc1C. The predicted octanol–water partition coefficient (Wildman–Crippen LogP) is 3.19. The van der Waals surface area contributed by atoms with Gasteiger partial charge in [0.25, 0.3) is 17.5 Å². The molecule has 1 heterocycles. The number of alkyl halides is 3. The molecule has 1 fully saturated rings. The lowest BCUT2D eigenvalue weighted by Crippen LogP contribution is -2.69. The van der Waals surface area contributed by atoms with Crippen LogP contribution in [0.4, 0.5) is 28.0 Å². The molecule has 6 nitrogen and oxygen atoms in total. The van der Waals surface area contributed by atoms with E-state index >= 15 is 0 Å². The van der Waals surface area contributed by atoms with E-state index in [1.165, 1.54) is 12.1 Å². The van der Waals surface area contributed by atoms with Gasteiger partial charge < -0.3 is 5.32 Å². The van der Waals surface area contributed by atoms with Crippen LogP contribution < -0.4 is 15.5 Å². The summed E-state index contributed by atoms with van der Waals surface area (Å²) < 4.78 is 54.6. The first-order valence-corrected chi connectivity index (χ1v) is 8.35. The second-order valence-corrected chi connectivity index (χ2v) is 6.55. The lowest BCUT2D eigenvalue weighted by atomic mass is 10.1. The van der Waals surface area contributed by atoms with Crippen LogP contribution in [0.25, 0.3) is 0 Å². The number of nitrogens with one attached hydrogen (secondary N) is 2. The molecular formula is C19H15F4N3O3. The number of amides is 4. The smallest absolute Gasteiger partial charge is 0.314 e. The Kier molecular flexibility index (Phi) is 4.81. The van der Waals surface area contributed by atoms with Crippen LogP contribution in [0.5, 0.6) is 0 Å². The van der Waals surface area contributed by atoms with Crippen LogP contribution in [-0.2, 0) is 4.79 Å². The maximum absolute atomic E-state index is 13.9. The van der Waals surface area contributed by atoms with Crippen molar-refractivity contribution in [3.05, 3.63) is 65.0 Å². The summed E-state index contributed by atoms with van der Waals surface area (Å²) in [5.74, 6) is -3.70. The predicted molar refractivity (Wildman–Crippen MR) is 94.6 cm³/mol. The topological polar surface area (TPSA) is 78.5 Å². The van der Waals surface area contributed by atoms with Crippen LogP contribution in [0, 0.1) is 19.7 Å². The van der Waals surface area contributed by atoms with E-state index in [9.17, 15) is 31.9 Å². The van der Waals surface area contributed by atoms with Gasteiger partial charge in [0.05, 0.1) is 5.69 Å². The molecule has 10 heteroatoms. The molecule has 152 valence electrons.